The molecule has 152 valence electrons. The lowest BCUT2D eigenvalue weighted by Gasteiger charge is -2.30. The number of carbonyl (C=O) groups is 1. The van der Waals surface area contributed by atoms with Crippen LogP contribution < -0.4 is 10.5 Å². The molecule has 0 atom stereocenters. The van der Waals surface area contributed by atoms with Crippen LogP contribution in [0, 0.1) is 0 Å². The van der Waals surface area contributed by atoms with E-state index in [4.69, 9.17) is 5.14 Å². The van der Waals surface area contributed by atoms with Crippen molar-refractivity contribution < 1.29 is 13.2 Å². The molecule has 0 aliphatic carbocycles. The summed E-state index contributed by atoms with van der Waals surface area (Å²) in [6, 6.07) is 6.34. The molecule has 1 heterocycles. The minimum atomic E-state index is -3.69. The quantitative estimate of drug-likeness (QED) is 0.350. The number of benzene rings is 1. The number of primary sulfonamides is 1. The molecule has 1 aliphatic heterocycles. The van der Waals surface area contributed by atoms with Gasteiger partial charge in [-0.15, -0.1) is 24.0 Å². The first-order chi connectivity index (χ1) is 12.3. The molecule has 2 rings (SSSR count). The number of carbonyl (C=O) groups excluding carboxylic acids is 1. The summed E-state index contributed by atoms with van der Waals surface area (Å²) in [6.45, 7) is 2.39. The third-order valence-electron chi connectivity index (χ3n) is 4.22. The molecule has 1 fully saturated rings. The summed E-state index contributed by atoms with van der Waals surface area (Å²) in [5.41, 5.74) is 0.868. The summed E-state index contributed by atoms with van der Waals surface area (Å²) in [5, 5.41) is 8.26. The Morgan fingerprint density at radius 1 is 1.19 bits per heavy atom. The highest BCUT2D eigenvalue weighted by molar-refractivity contribution is 14.0. The zero-order valence-electron chi connectivity index (χ0n) is 15.7. The maximum absolute atomic E-state index is 11.9. The third-order valence-corrected chi connectivity index (χ3v) is 5.14. The molecular formula is C17H28IN5O3S. The molecule has 1 aromatic rings. The third kappa shape index (κ3) is 7.62. The van der Waals surface area contributed by atoms with Gasteiger partial charge in [-0.3, -0.25) is 4.79 Å². The van der Waals surface area contributed by atoms with Crippen LogP contribution in [0.2, 0.25) is 0 Å². The van der Waals surface area contributed by atoms with E-state index >= 15 is 0 Å². The Kier molecular flexibility index (Phi) is 9.47. The number of hydrogen-bond donors (Lipinski definition) is 2. The van der Waals surface area contributed by atoms with E-state index < -0.39 is 10.0 Å². The van der Waals surface area contributed by atoms with Crippen LogP contribution >= 0.6 is 24.0 Å². The van der Waals surface area contributed by atoms with Crippen LogP contribution in [-0.4, -0.2) is 63.8 Å². The highest BCUT2D eigenvalue weighted by Crippen LogP contribution is 2.12. The Morgan fingerprint density at radius 2 is 1.78 bits per heavy atom. The van der Waals surface area contributed by atoms with Gasteiger partial charge in [0.05, 0.1) is 18.0 Å². The number of likely N-dealkylation sites (tertiary alicyclic amines) is 1. The minimum absolute atomic E-state index is 0. The lowest BCUT2D eigenvalue weighted by molar-refractivity contribution is -0.127. The second-order valence-electron chi connectivity index (χ2n) is 6.52. The number of likely N-dealkylation sites (N-methyl/N-ethyl adjacent to an activating group) is 1. The van der Waals surface area contributed by atoms with Gasteiger partial charge in [0.25, 0.3) is 0 Å². The van der Waals surface area contributed by atoms with Crippen molar-refractivity contribution in [3.63, 3.8) is 0 Å². The van der Waals surface area contributed by atoms with Gasteiger partial charge in [0, 0.05) is 27.2 Å². The van der Waals surface area contributed by atoms with E-state index in [1.165, 1.54) is 23.5 Å². The Balaban J connectivity index is 0.00000364. The van der Waals surface area contributed by atoms with Gasteiger partial charge in [-0.1, -0.05) is 12.1 Å². The number of amides is 1. The van der Waals surface area contributed by atoms with E-state index in [0.29, 0.717) is 12.5 Å². The van der Waals surface area contributed by atoms with Crippen molar-refractivity contribution in [2.24, 2.45) is 10.1 Å². The highest BCUT2D eigenvalue weighted by atomic mass is 127. The van der Waals surface area contributed by atoms with Gasteiger partial charge < -0.3 is 15.1 Å². The van der Waals surface area contributed by atoms with Crippen LogP contribution in [0.1, 0.15) is 24.8 Å². The number of aliphatic imine (C=N–C) groups is 1. The van der Waals surface area contributed by atoms with Crippen LogP contribution in [0.25, 0.3) is 0 Å². The molecule has 0 unspecified atom stereocenters. The normalized spacial score (nSPS) is 15.1. The Hall–Kier alpha value is -1.40. The average Bonchev–Trinajstić information content (AvgIpc) is 2.61. The summed E-state index contributed by atoms with van der Waals surface area (Å²) >= 11 is 0. The Bertz CT molecular complexity index is 744. The van der Waals surface area contributed by atoms with Gasteiger partial charge in [-0.2, -0.15) is 0 Å². The van der Waals surface area contributed by atoms with Gasteiger partial charge in [0.2, 0.25) is 15.9 Å². The largest absolute Gasteiger partial charge is 0.347 e. The number of nitrogens with one attached hydrogen (secondary N) is 1. The standard InChI is InChI=1S/C17H27N5O3S.HI/c1-21(2)16(23)13-20-17(22-10-4-3-5-11-22)19-12-14-6-8-15(9-7-14)26(18,24)25;/h6-9H,3-5,10-13H2,1-2H3,(H,19,20)(H2,18,24,25);1H. The number of guanidine groups is 1. The molecule has 10 heteroatoms. The molecular weight excluding hydrogens is 481 g/mol. The van der Waals surface area contributed by atoms with E-state index in [-0.39, 0.29) is 41.3 Å². The molecule has 0 bridgehead atoms. The van der Waals surface area contributed by atoms with Crippen LogP contribution in [0.4, 0.5) is 0 Å². The van der Waals surface area contributed by atoms with Gasteiger partial charge in [-0.05, 0) is 37.0 Å². The molecule has 1 saturated heterocycles. The molecule has 8 nitrogen and oxygen atoms in total. The van der Waals surface area contributed by atoms with Crippen LogP contribution in [0.3, 0.4) is 0 Å². The lowest BCUT2D eigenvalue weighted by atomic mass is 10.1. The van der Waals surface area contributed by atoms with Crippen molar-refractivity contribution in [1.29, 1.82) is 0 Å². The molecule has 1 amide bonds. The molecule has 0 radical (unpaired) electrons. The number of piperidine rings is 1. The first-order valence-electron chi connectivity index (χ1n) is 8.62. The highest BCUT2D eigenvalue weighted by Gasteiger charge is 2.16. The van der Waals surface area contributed by atoms with E-state index in [1.54, 1.807) is 26.2 Å². The molecule has 1 aliphatic rings. The second kappa shape index (κ2) is 10.8. The second-order valence-corrected chi connectivity index (χ2v) is 8.08. The number of hydrogen-bond acceptors (Lipinski definition) is 4. The van der Waals surface area contributed by atoms with Crippen LogP contribution in [-0.2, 0) is 21.4 Å². The van der Waals surface area contributed by atoms with Gasteiger partial charge in [0.15, 0.2) is 5.96 Å². The number of rotatable bonds is 5. The topological polar surface area (TPSA) is 108 Å². The summed E-state index contributed by atoms with van der Waals surface area (Å²) in [5.74, 6) is 0.683. The monoisotopic (exact) mass is 509 g/mol. The maximum Gasteiger partial charge on any atom is 0.241 e. The smallest absolute Gasteiger partial charge is 0.241 e. The van der Waals surface area contributed by atoms with Crippen molar-refractivity contribution in [3.05, 3.63) is 29.8 Å². The van der Waals surface area contributed by atoms with E-state index in [9.17, 15) is 13.2 Å². The molecule has 0 saturated carbocycles. The van der Waals surface area contributed by atoms with Crippen molar-refractivity contribution in [3.8, 4) is 0 Å². The van der Waals surface area contributed by atoms with Crippen molar-refractivity contribution in [2.45, 2.75) is 30.7 Å². The van der Waals surface area contributed by atoms with E-state index in [0.717, 1.165) is 31.5 Å². The van der Waals surface area contributed by atoms with Crippen LogP contribution in [0.5, 0.6) is 0 Å². The van der Waals surface area contributed by atoms with Crippen LogP contribution in [0.15, 0.2) is 34.2 Å². The van der Waals surface area contributed by atoms with Gasteiger partial charge >= 0.3 is 0 Å². The first kappa shape index (κ1) is 23.6. The number of nitrogens with two attached hydrogens (primary N) is 1. The summed E-state index contributed by atoms with van der Waals surface area (Å²) in [6.07, 6.45) is 3.41. The summed E-state index contributed by atoms with van der Waals surface area (Å²) in [4.78, 5) is 20.2. The minimum Gasteiger partial charge on any atom is -0.347 e. The number of nitrogens with zero attached hydrogens (tertiary/aromatic N) is 3. The fraction of sp³-hybridized carbons (Fsp3) is 0.529. The summed E-state index contributed by atoms with van der Waals surface area (Å²) < 4.78 is 22.6. The fourth-order valence-electron chi connectivity index (χ4n) is 2.64. The molecule has 3 N–H and O–H groups in total. The Labute approximate surface area is 178 Å². The SMILES string of the molecule is CN(C)C(=O)CNC(=NCc1ccc(S(N)(=O)=O)cc1)N1CCCCC1.I. The Morgan fingerprint density at radius 3 is 2.30 bits per heavy atom. The predicted molar refractivity (Wildman–Crippen MR) is 116 cm³/mol. The van der Waals surface area contributed by atoms with Gasteiger partial charge in [-0.25, -0.2) is 18.5 Å². The zero-order chi connectivity index (χ0) is 19.2. The average molecular weight is 509 g/mol. The molecule has 27 heavy (non-hydrogen) atoms. The summed E-state index contributed by atoms with van der Waals surface area (Å²) in [7, 11) is -0.259. The molecule has 1 aromatic carbocycles. The molecule has 0 aromatic heterocycles. The fourth-order valence-corrected chi connectivity index (χ4v) is 3.15. The van der Waals surface area contributed by atoms with Gasteiger partial charge in [0.1, 0.15) is 0 Å². The predicted octanol–water partition coefficient (Wildman–Crippen LogP) is 0.972. The van der Waals surface area contributed by atoms with Crippen molar-refractivity contribution >= 4 is 45.9 Å². The molecule has 0 spiro atoms. The lowest BCUT2D eigenvalue weighted by Crippen LogP contribution is -2.47. The number of sulfonamides is 1. The maximum atomic E-state index is 11.9. The van der Waals surface area contributed by atoms with Crippen molar-refractivity contribution in [2.75, 3.05) is 33.7 Å². The zero-order valence-corrected chi connectivity index (χ0v) is 18.9. The van der Waals surface area contributed by atoms with Crippen molar-refractivity contribution in [1.82, 2.24) is 15.1 Å². The van der Waals surface area contributed by atoms with E-state index in [1.807, 2.05) is 0 Å². The number of halogens is 1. The first-order valence-corrected chi connectivity index (χ1v) is 10.2. The van der Waals surface area contributed by atoms with E-state index in [2.05, 4.69) is 15.2 Å².